The SMILES string of the molecule is CC(C)[C@H](CO)NS(=O)(=O)c1ccc(NC(=O)[C@@](C)(O)C(F)(F)F)c(Cl)c1. The molecule has 4 N–H and O–H groups in total. The van der Waals surface area contributed by atoms with Gasteiger partial charge in [0, 0.05) is 6.04 Å². The molecule has 0 aliphatic rings. The van der Waals surface area contributed by atoms with Gasteiger partial charge in [-0.25, -0.2) is 13.1 Å². The van der Waals surface area contributed by atoms with Crippen LogP contribution in [0.1, 0.15) is 20.8 Å². The average Bonchev–Trinajstić information content (AvgIpc) is 2.52. The van der Waals surface area contributed by atoms with Gasteiger partial charge in [-0.2, -0.15) is 13.2 Å². The molecular formula is C15H20ClF3N2O5S. The summed E-state index contributed by atoms with van der Waals surface area (Å²) in [6.45, 7) is 3.23. The van der Waals surface area contributed by atoms with Crippen molar-refractivity contribution in [2.45, 2.75) is 43.5 Å². The van der Waals surface area contributed by atoms with Gasteiger partial charge in [0.1, 0.15) is 0 Å². The summed E-state index contributed by atoms with van der Waals surface area (Å²) in [5.41, 5.74) is -3.97. The van der Waals surface area contributed by atoms with Crippen LogP contribution >= 0.6 is 11.6 Å². The minimum Gasteiger partial charge on any atom is -0.395 e. The second-order valence-electron chi connectivity index (χ2n) is 6.32. The highest BCUT2D eigenvalue weighted by atomic mass is 35.5. The Labute approximate surface area is 159 Å². The largest absolute Gasteiger partial charge is 0.426 e. The zero-order valence-electron chi connectivity index (χ0n) is 14.6. The van der Waals surface area contributed by atoms with E-state index in [1.807, 2.05) is 5.32 Å². The number of hydrogen-bond acceptors (Lipinski definition) is 5. The molecule has 0 unspecified atom stereocenters. The van der Waals surface area contributed by atoms with Gasteiger partial charge in [-0.05, 0) is 31.0 Å². The lowest BCUT2D eigenvalue weighted by atomic mass is 10.1. The predicted molar refractivity (Wildman–Crippen MR) is 92.8 cm³/mol. The Kier molecular flexibility index (Phi) is 7.28. The minimum atomic E-state index is -5.22. The van der Waals surface area contributed by atoms with Crippen LogP contribution in [-0.4, -0.2) is 49.0 Å². The molecule has 7 nitrogen and oxygen atoms in total. The van der Waals surface area contributed by atoms with Crippen LogP contribution in [0.3, 0.4) is 0 Å². The fourth-order valence-electron chi connectivity index (χ4n) is 1.79. The molecule has 0 bridgehead atoms. The number of sulfonamides is 1. The molecule has 154 valence electrons. The van der Waals surface area contributed by atoms with Crippen molar-refractivity contribution in [3.05, 3.63) is 23.2 Å². The first-order valence-electron chi connectivity index (χ1n) is 7.66. The molecule has 0 radical (unpaired) electrons. The third-order valence-corrected chi connectivity index (χ3v) is 5.60. The summed E-state index contributed by atoms with van der Waals surface area (Å²) < 4.78 is 65.0. The van der Waals surface area contributed by atoms with Gasteiger partial charge in [-0.1, -0.05) is 25.4 Å². The molecule has 1 amide bonds. The van der Waals surface area contributed by atoms with Gasteiger partial charge in [0.2, 0.25) is 15.6 Å². The monoisotopic (exact) mass is 432 g/mol. The van der Waals surface area contributed by atoms with E-state index in [4.69, 9.17) is 11.6 Å². The van der Waals surface area contributed by atoms with E-state index in [0.717, 1.165) is 18.2 Å². The highest BCUT2D eigenvalue weighted by molar-refractivity contribution is 7.89. The lowest BCUT2D eigenvalue weighted by Gasteiger charge is -2.25. The number of hydrogen-bond donors (Lipinski definition) is 4. The van der Waals surface area contributed by atoms with Crippen LogP contribution in [0.4, 0.5) is 18.9 Å². The van der Waals surface area contributed by atoms with Crippen LogP contribution in [0.15, 0.2) is 23.1 Å². The first-order chi connectivity index (χ1) is 12.1. The third kappa shape index (κ3) is 5.55. The van der Waals surface area contributed by atoms with E-state index < -0.39 is 40.4 Å². The Morgan fingerprint density at radius 1 is 1.30 bits per heavy atom. The zero-order valence-corrected chi connectivity index (χ0v) is 16.2. The number of alkyl halides is 3. The van der Waals surface area contributed by atoms with E-state index >= 15 is 0 Å². The van der Waals surface area contributed by atoms with Crippen LogP contribution in [0.25, 0.3) is 0 Å². The number of aliphatic hydroxyl groups is 2. The molecular weight excluding hydrogens is 413 g/mol. The van der Waals surface area contributed by atoms with Crippen LogP contribution < -0.4 is 10.0 Å². The summed E-state index contributed by atoms with van der Waals surface area (Å²) in [5, 5.41) is 20.0. The summed E-state index contributed by atoms with van der Waals surface area (Å²) in [6.07, 6.45) is -5.22. The third-order valence-electron chi connectivity index (χ3n) is 3.80. The normalized spacial score (nSPS) is 16.1. The van der Waals surface area contributed by atoms with Crippen molar-refractivity contribution in [1.29, 1.82) is 0 Å². The lowest BCUT2D eigenvalue weighted by Crippen LogP contribution is -2.52. The molecule has 12 heteroatoms. The molecule has 1 rings (SSSR count). The van der Waals surface area contributed by atoms with E-state index in [-0.39, 0.29) is 28.4 Å². The molecule has 2 atom stereocenters. The molecule has 27 heavy (non-hydrogen) atoms. The molecule has 1 aromatic rings. The van der Waals surface area contributed by atoms with Gasteiger partial charge in [0.25, 0.3) is 5.91 Å². The van der Waals surface area contributed by atoms with E-state index in [1.54, 1.807) is 13.8 Å². The van der Waals surface area contributed by atoms with E-state index in [9.17, 15) is 36.6 Å². The molecule has 0 aromatic heterocycles. The van der Waals surface area contributed by atoms with Crippen molar-refractivity contribution in [2.24, 2.45) is 5.92 Å². The number of aliphatic hydroxyl groups excluding tert-OH is 1. The summed E-state index contributed by atoms with van der Waals surface area (Å²) in [7, 11) is -4.07. The summed E-state index contributed by atoms with van der Waals surface area (Å²) in [4.78, 5) is 11.4. The van der Waals surface area contributed by atoms with Gasteiger partial charge in [-0.15, -0.1) is 0 Å². The molecule has 0 aliphatic carbocycles. The Bertz CT molecular complexity index is 797. The van der Waals surface area contributed by atoms with Crippen molar-refractivity contribution in [2.75, 3.05) is 11.9 Å². The lowest BCUT2D eigenvalue weighted by molar-refractivity contribution is -0.242. The maximum absolute atomic E-state index is 12.7. The Balaban J connectivity index is 3.08. The van der Waals surface area contributed by atoms with E-state index in [1.165, 1.54) is 0 Å². The smallest absolute Gasteiger partial charge is 0.395 e. The maximum atomic E-state index is 12.7. The molecule has 1 aromatic carbocycles. The Morgan fingerprint density at radius 2 is 1.85 bits per heavy atom. The number of rotatable bonds is 7. The first-order valence-corrected chi connectivity index (χ1v) is 9.53. The van der Waals surface area contributed by atoms with Crippen molar-refractivity contribution in [3.8, 4) is 0 Å². The van der Waals surface area contributed by atoms with Gasteiger partial charge in [0.15, 0.2) is 0 Å². The van der Waals surface area contributed by atoms with Crippen LogP contribution in [0, 0.1) is 5.92 Å². The maximum Gasteiger partial charge on any atom is 0.426 e. The number of anilines is 1. The fraction of sp³-hybridized carbons (Fsp3) is 0.533. The minimum absolute atomic E-state index is 0.205. The summed E-state index contributed by atoms with van der Waals surface area (Å²) >= 11 is 5.86. The van der Waals surface area contributed by atoms with Gasteiger partial charge >= 0.3 is 6.18 Å². The van der Waals surface area contributed by atoms with Crippen LogP contribution in [0.2, 0.25) is 5.02 Å². The van der Waals surface area contributed by atoms with Crippen molar-refractivity contribution >= 4 is 33.2 Å². The number of amides is 1. The number of carbonyl (C=O) groups excluding carboxylic acids is 1. The molecule has 0 saturated heterocycles. The van der Waals surface area contributed by atoms with Crippen molar-refractivity contribution < 1.29 is 36.6 Å². The second kappa shape index (κ2) is 8.31. The molecule has 0 saturated carbocycles. The summed E-state index contributed by atoms with van der Waals surface area (Å²) in [5.74, 6) is -1.98. The van der Waals surface area contributed by atoms with E-state index in [2.05, 4.69) is 4.72 Å². The molecule has 0 spiro atoms. The van der Waals surface area contributed by atoms with Gasteiger partial charge in [0.05, 0.1) is 22.2 Å². The quantitative estimate of drug-likeness (QED) is 0.525. The predicted octanol–water partition coefficient (Wildman–Crippen LogP) is 1.89. The second-order valence-corrected chi connectivity index (χ2v) is 8.44. The number of halogens is 4. The van der Waals surface area contributed by atoms with Gasteiger partial charge in [-0.3, -0.25) is 4.79 Å². The van der Waals surface area contributed by atoms with Crippen molar-refractivity contribution in [3.63, 3.8) is 0 Å². The Hall–Kier alpha value is -1.40. The summed E-state index contributed by atoms with van der Waals surface area (Å²) in [6, 6.07) is 2.18. The highest BCUT2D eigenvalue weighted by Gasteiger charge is 2.55. The first kappa shape index (κ1) is 23.6. The molecule has 0 heterocycles. The molecule has 0 aliphatic heterocycles. The fourth-order valence-corrected chi connectivity index (χ4v) is 3.48. The number of carbonyl (C=O) groups is 1. The average molecular weight is 433 g/mol. The highest BCUT2D eigenvalue weighted by Crippen LogP contribution is 2.32. The molecule has 0 fully saturated rings. The number of benzene rings is 1. The van der Waals surface area contributed by atoms with E-state index in [0.29, 0.717) is 0 Å². The zero-order chi connectivity index (χ0) is 21.2. The van der Waals surface area contributed by atoms with Gasteiger partial charge < -0.3 is 15.5 Å². The topological polar surface area (TPSA) is 116 Å². The van der Waals surface area contributed by atoms with Crippen LogP contribution in [0.5, 0.6) is 0 Å². The van der Waals surface area contributed by atoms with Crippen LogP contribution in [-0.2, 0) is 14.8 Å². The van der Waals surface area contributed by atoms with Crippen molar-refractivity contribution in [1.82, 2.24) is 4.72 Å². The number of nitrogens with one attached hydrogen (secondary N) is 2. The Morgan fingerprint density at radius 3 is 2.26 bits per heavy atom. The standard InChI is InChI=1S/C15H20ClF3N2O5S/c1-8(2)12(7-22)21-27(25,26)9-4-5-11(10(16)6-9)20-13(23)14(3,24)15(17,18)19/h4-6,8,12,21-22,24H,7H2,1-3H3,(H,20,23)/t12-,14+/m0/s1.